The first-order valence-electron chi connectivity index (χ1n) is 12.7. The Kier molecular flexibility index (Phi) is 10.5. The molecule has 7 atom stereocenters. The van der Waals surface area contributed by atoms with E-state index >= 15 is 0 Å². The number of hydrogen-bond acceptors (Lipinski definition) is 4. The van der Waals surface area contributed by atoms with Crippen LogP contribution in [0.5, 0.6) is 0 Å². The summed E-state index contributed by atoms with van der Waals surface area (Å²) in [5.41, 5.74) is 2.21. The van der Waals surface area contributed by atoms with Crippen molar-refractivity contribution >= 4 is 11.9 Å². The van der Waals surface area contributed by atoms with Crippen LogP contribution < -0.4 is 5.32 Å². The topological polar surface area (TPSA) is 75.6 Å². The summed E-state index contributed by atoms with van der Waals surface area (Å²) in [6.45, 7) is 13.4. The van der Waals surface area contributed by atoms with E-state index in [0.29, 0.717) is 0 Å². The van der Waals surface area contributed by atoms with Gasteiger partial charge in [-0.15, -0.1) is 0 Å². The lowest BCUT2D eigenvalue weighted by Gasteiger charge is -2.35. The third-order valence-electron chi connectivity index (χ3n) is 7.15. The average molecular weight is 482 g/mol. The van der Waals surface area contributed by atoms with Gasteiger partial charge in [-0.2, -0.15) is 0 Å². The van der Waals surface area contributed by atoms with E-state index in [0.717, 1.165) is 24.0 Å². The second-order valence-electron chi connectivity index (χ2n) is 10.5. The van der Waals surface area contributed by atoms with Gasteiger partial charge in [0.2, 0.25) is 5.91 Å². The van der Waals surface area contributed by atoms with Gasteiger partial charge in [-0.1, -0.05) is 86.6 Å². The number of amides is 1. The van der Waals surface area contributed by atoms with Crippen LogP contribution >= 0.6 is 0 Å². The molecule has 2 N–H and O–H groups in total. The number of esters is 1. The fraction of sp³-hybridized carbons (Fsp3) is 0.533. The number of cyclic esters (lactones) is 1. The molecular formula is C30H43NO4. The number of carbonyl (C=O) groups excluding carboxylic acids is 2. The van der Waals surface area contributed by atoms with Crippen LogP contribution in [0.25, 0.3) is 0 Å². The summed E-state index contributed by atoms with van der Waals surface area (Å²) in [6, 6.07) is -0.469. The molecule has 2 rings (SSSR count). The first-order valence-corrected chi connectivity index (χ1v) is 12.7. The van der Waals surface area contributed by atoms with Gasteiger partial charge in [0, 0.05) is 30.8 Å². The second-order valence-corrected chi connectivity index (χ2v) is 10.5. The van der Waals surface area contributed by atoms with Gasteiger partial charge in [-0.3, -0.25) is 4.79 Å². The Balaban J connectivity index is 2.43. The molecule has 1 amide bonds. The minimum atomic E-state index is -0.876. The van der Waals surface area contributed by atoms with Gasteiger partial charge in [0.1, 0.15) is 6.10 Å². The minimum absolute atomic E-state index is 0.0191. The quantitative estimate of drug-likeness (QED) is 0.405. The molecule has 0 spiro atoms. The van der Waals surface area contributed by atoms with E-state index in [-0.39, 0.29) is 23.2 Å². The maximum Gasteiger partial charge on any atom is 0.331 e. The van der Waals surface area contributed by atoms with Crippen LogP contribution in [0.4, 0.5) is 0 Å². The van der Waals surface area contributed by atoms with Crippen LogP contribution in [0.1, 0.15) is 61.3 Å². The molecule has 0 radical (unpaired) electrons. The Morgan fingerprint density at radius 1 is 1.17 bits per heavy atom. The lowest BCUT2D eigenvalue weighted by atomic mass is 9.69. The number of aliphatic hydroxyl groups is 1. The average Bonchev–Trinajstić information content (AvgIpc) is 2.79. The van der Waals surface area contributed by atoms with Gasteiger partial charge in [0.25, 0.3) is 0 Å². The Hall–Kier alpha value is -2.66. The number of carbonyl (C=O) groups is 2. The van der Waals surface area contributed by atoms with E-state index in [2.05, 4.69) is 55.6 Å². The molecule has 2 aliphatic rings. The minimum Gasteiger partial charge on any atom is -0.458 e. The normalized spacial score (nSPS) is 36.1. The zero-order chi connectivity index (χ0) is 26.2. The summed E-state index contributed by atoms with van der Waals surface area (Å²) in [7, 11) is 0. The standard InChI is InChI=1S/C30H43NO4/c1-20-11-10-13-27(33)35-29(23(4)28(34)24(5)31-25(6)32)22(3)15-14-21(2)19-26-12-8-9-17-30(26,7)18-16-20/h8,10-16,18-19,22-24,26,28-29,34H,9,17H2,1-7H3,(H,31,32)/b13-10+,15-14+,18-16+,20-11+,21-19+/t22-,23-,24-,26-,28+,29-,30+/m1/s1. The zero-order valence-electron chi connectivity index (χ0n) is 22.3. The van der Waals surface area contributed by atoms with Gasteiger partial charge < -0.3 is 15.2 Å². The molecule has 192 valence electrons. The highest BCUT2D eigenvalue weighted by atomic mass is 16.5. The van der Waals surface area contributed by atoms with Crippen molar-refractivity contribution in [1.82, 2.24) is 5.32 Å². The molecule has 0 saturated heterocycles. The summed E-state index contributed by atoms with van der Waals surface area (Å²) >= 11 is 0. The Labute approximate surface area is 211 Å². The van der Waals surface area contributed by atoms with E-state index in [1.54, 1.807) is 13.0 Å². The largest absolute Gasteiger partial charge is 0.458 e. The predicted octanol–water partition coefficient (Wildman–Crippen LogP) is 5.60. The number of allylic oxidation sites excluding steroid dienone is 10. The highest BCUT2D eigenvalue weighted by Crippen LogP contribution is 2.40. The molecule has 1 aliphatic heterocycles. The van der Waals surface area contributed by atoms with Crippen molar-refractivity contribution in [2.24, 2.45) is 23.2 Å². The van der Waals surface area contributed by atoms with Crippen molar-refractivity contribution in [2.75, 3.05) is 0 Å². The summed E-state index contributed by atoms with van der Waals surface area (Å²) < 4.78 is 5.85. The smallest absolute Gasteiger partial charge is 0.331 e. The van der Waals surface area contributed by atoms with Crippen LogP contribution in [0, 0.1) is 23.2 Å². The molecule has 0 fully saturated rings. The van der Waals surface area contributed by atoms with Crippen molar-refractivity contribution in [3.8, 4) is 0 Å². The zero-order valence-corrected chi connectivity index (χ0v) is 22.3. The van der Waals surface area contributed by atoms with Gasteiger partial charge >= 0.3 is 5.97 Å². The van der Waals surface area contributed by atoms with Crippen LogP contribution in [0.2, 0.25) is 0 Å². The number of rotatable bonds is 4. The highest BCUT2D eigenvalue weighted by molar-refractivity contribution is 5.82. The van der Waals surface area contributed by atoms with Crippen molar-refractivity contribution in [3.05, 3.63) is 71.9 Å². The van der Waals surface area contributed by atoms with E-state index in [1.165, 1.54) is 13.0 Å². The molecule has 0 unspecified atom stereocenters. The van der Waals surface area contributed by atoms with Gasteiger partial charge in [-0.05, 0) is 39.0 Å². The molecule has 5 nitrogen and oxygen atoms in total. The first-order chi connectivity index (χ1) is 16.4. The second kappa shape index (κ2) is 12.9. The lowest BCUT2D eigenvalue weighted by Crippen LogP contribution is -2.48. The number of ether oxygens (including phenoxy) is 1. The summed E-state index contributed by atoms with van der Waals surface area (Å²) in [5.74, 6) is -0.935. The molecule has 0 aromatic carbocycles. The van der Waals surface area contributed by atoms with E-state index < -0.39 is 30.1 Å². The fourth-order valence-corrected chi connectivity index (χ4v) is 4.79. The summed E-state index contributed by atoms with van der Waals surface area (Å²) in [5, 5.41) is 13.6. The maximum atomic E-state index is 12.7. The van der Waals surface area contributed by atoms with Gasteiger partial charge in [-0.25, -0.2) is 4.79 Å². The summed E-state index contributed by atoms with van der Waals surface area (Å²) in [4.78, 5) is 24.1. The molecule has 0 aromatic rings. The molecule has 35 heavy (non-hydrogen) atoms. The Morgan fingerprint density at radius 2 is 1.89 bits per heavy atom. The van der Waals surface area contributed by atoms with Gasteiger partial charge in [0.05, 0.1) is 12.1 Å². The molecule has 1 heterocycles. The van der Waals surface area contributed by atoms with Crippen LogP contribution in [-0.2, 0) is 14.3 Å². The lowest BCUT2D eigenvalue weighted by molar-refractivity contribution is -0.151. The summed E-state index contributed by atoms with van der Waals surface area (Å²) in [6.07, 6.45) is 21.1. The SMILES string of the molecule is CC(=O)N[C@H](C)[C@@H](O)[C@@H](C)[C@@H]1OC(=O)/C=C/C=C(C)/C=C/[C@]2(C)CCC=C[C@@H]2/C=C(C)/C=C/[C@H]1C. The number of aliphatic hydroxyl groups excluding tert-OH is 1. The fourth-order valence-electron chi connectivity index (χ4n) is 4.79. The number of fused-ring (bicyclic) bond motifs is 1. The van der Waals surface area contributed by atoms with Crippen LogP contribution in [-0.4, -0.2) is 35.2 Å². The van der Waals surface area contributed by atoms with Crippen LogP contribution in [0.15, 0.2) is 71.9 Å². The maximum absolute atomic E-state index is 12.7. The monoisotopic (exact) mass is 481 g/mol. The molecular weight excluding hydrogens is 438 g/mol. The molecule has 1 aliphatic carbocycles. The van der Waals surface area contributed by atoms with Crippen molar-refractivity contribution in [1.29, 1.82) is 0 Å². The molecule has 0 aromatic heterocycles. The van der Waals surface area contributed by atoms with Crippen molar-refractivity contribution in [3.63, 3.8) is 0 Å². The predicted molar refractivity (Wildman–Crippen MR) is 142 cm³/mol. The molecule has 0 bridgehead atoms. The third-order valence-corrected chi connectivity index (χ3v) is 7.15. The molecule has 5 heteroatoms. The van der Waals surface area contributed by atoms with E-state index in [1.807, 2.05) is 32.9 Å². The Bertz CT molecular complexity index is 938. The highest BCUT2D eigenvalue weighted by Gasteiger charge is 2.34. The van der Waals surface area contributed by atoms with Crippen molar-refractivity contribution in [2.45, 2.75) is 79.6 Å². The molecule has 0 saturated carbocycles. The Morgan fingerprint density at radius 3 is 2.57 bits per heavy atom. The number of hydrogen-bond donors (Lipinski definition) is 2. The van der Waals surface area contributed by atoms with E-state index in [4.69, 9.17) is 4.74 Å². The first kappa shape index (κ1) is 28.6. The van der Waals surface area contributed by atoms with E-state index in [9.17, 15) is 14.7 Å². The third kappa shape index (κ3) is 8.50. The van der Waals surface area contributed by atoms with Crippen molar-refractivity contribution < 1.29 is 19.4 Å². The number of nitrogens with one attached hydrogen (secondary N) is 1. The van der Waals surface area contributed by atoms with Crippen LogP contribution in [0.3, 0.4) is 0 Å². The van der Waals surface area contributed by atoms with Gasteiger partial charge in [0.15, 0.2) is 0 Å².